The monoisotopic (exact) mass is 275 g/mol. The number of amides is 1. The van der Waals surface area contributed by atoms with Crippen LogP contribution < -0.4 is 0 Å². The molecule has 2 aromatic rings. The van der Waals surface area contributed by atoms with Crippen molar-refractivity contribution in [3.8, 4) is 0 Å². The number of rotatable bonds is 1. The molecular formula is C15H14FNOS. The number of aryl methyl sites for hydroxylation is 1. The van der Waals surface area contributed by atoms with E-state index in [4.69, 9.17) is 0 Å². The molecule has 0 unspecified atom stereocenters. The van der Waals surface area contributed by atoms with Gasteiger partial charge in [-0.25, -0.2) is 4.39 Å². The van der Waals surface area contributed by atoms with Crippen molar-refractivity contribution in [1.82, 2.24) is 4.90 Å². The summed E-state index contributed by atoms with van der Waals surface area (Å²) >= 11 is 1.75. The normalized spacial score (nSPS) is 14.3. The molecule has 2 nitrogen and oxygen atoms in total. The molecule has 0 atom stereocenters. The van der Waals surface area contributed by atoms with Gasteiger partial charge < -0.3 is 4.90 Å². The maximum atomic E-state index is 13.2. The number of benzene rings is 1. The first kappa shape index (κ1) is 12.4. The lowest BCUT2D eigenvalue weighted by molar-refractivity contribution is 0.0735. The Morgan fingerprint density at radius 2 is 2.21 bits per heavy atom. The van der Waals surface area contributed by atoms with Crippen molar-refractivity contribution >= 4 is 17.2 Å². The summed E-state index contributed by atoms with van der Waals surface area (Å²) in [5.41, 5.74) is 2.32. The van der Waals surface area contributed by atoms with E-state index in [0.717, 1.165) is 13.0 Å². The van der Waals surface area contributed by atoms with Crippen LogP contribution in [-0.2, 0) is 13.0 Å². The van der Waals surface area contributed by atoms with E-state index >= 15 is 0 Å². The number of carbonyl (C=O) groups is 1. The summed E-state index contributed by atoms with van der Waals surface area (Å²) in [6.07, 6.45) is 0.916. The highest BCUT2D eigenvalue weighted by atomic mass is 32.1. The Morgan fingerprint density at radius 1 is 1.37 bits per heavy atom. The van der Waals surface area contributed by atoms with Gasteiger partial charge in [0.25, 0.3) is 5.91 Å². The Bertz CT molecular complexity index is 635. The van der Waals surface area contributed by atoms with Gasteiger partial charge in [-0.15, -0.1) is 11.3 Å². The molecule has 1 aliphatic heterocycles. The number of fused-ring (bicyclic) bond motifs is 1. The van der Waals surface area contributed by atoms with E-state index in [1.807, 2.05) is 4.90 Å². The first-order chi connectivity index (χ1) is 9.15. The summed E-state index contributed by atoms with van der Waals surface area (Å²) in [6.45, 7) is 3.08. The SMILES string of the molecule is Cc1cc(C(=O)N2CCc3sccc3C2)ccc1F. The second-order valence-corrected chi connectivity index (χ2v) is 5.81. The molecule has 1 amide bonds. The summed E-state index contributed by atoms with van der Waals surface area (Å²) < 4.78 is 13.2. The molecule has 1 aromatic carbocycles. The van der Waals surface area contributed by atoms with E-state index in [9.17, 15) is 9.18 Å². The number of hydrogen-bond donors (Lipinski definition) is 0. The summed E-state index contributed by atoms with van der Waals surface area (Å²) in [5, 5.41) is 2.07. The van der Waals surface area contributed by atoms with Crippen molar-refractivity contribution in [3.05, 3.63) is 57.0 Å². The maximum absolute atomic E-state index is 13.2. The lowest BCUT2D eigenvalue weighted by Crippen LogP contribution is -2.35. The van der Waals surface area contributed by atoms with Crippen LogP contribution in [0.15, 0.2) is 29.6 Å². The van der Waals surface area contributed by atoms with E-state index in [1.54, 1.807) is 30.4 Å². The Kier molecular flexibility index (Phi) is 3.11. The zero-order valence-corrected chi connectivity index (χ0v) is 11.5. The minimum absolute atomic E-state index is 0.0139. The molecule has 0 bridgehead atoms. The van der Waals surface area contributed by atoms with E-state index in [2.05, 4.69) is 11.4 Å². The quantitative estimate of drug-likeness (QED) is 0.781. The summed E-state index contributed by atoms with van der Waals surface area (Å²) in [7, 11) is 0. The van der Waals surface area contributed by atoms with Gasteiger partial charge in [0.05, 0.1) is 0 Å². The molecule has 0 radical (unpaired) electrons. The molecular weight excluding hydrogens is 261 g/mol. The molecule has 1 aliphatic rings. The Balaban J connectivity index is 1.83. The van der Waals surface area contributed by atoms with Crippen molar-refractivity contribution in [2.24, 2.45) is 0 Å². The molecule has 98 valence electrons. The van der Waals surface area contributed by atoms with Gasteiger partial charge in [-0.2, -0.15) is 0 Å². The number of hydrogen-bond acceptors (Lipinski definition) is 2. The molecule has 0 spiro atoms. The second kappa shape index (κ2) is 4.78. The lowest BCUT2D eigenvalue weighted by atomic mass is 10.1. The molecule has 0 N–H and O–H groups in total. The predicted molar refractivity (Wildman–Crippen MR) is 73.9 cm³/mol. The third-order valence-electron chi connectivity index (χ3n) is 3.50. The summed E-state index contributed by atoms with van der Waals surface area (Å²) in [5.74, 6) is -0.282. The predicted octanol–water partition coefficient (Wildman–Crippen LogP) is 3.39. The van der Waals surface area contributed by atoms with Crippen LogP contribution in [0.2, 0.25) is 0 Å². The van der Waals surface area contributed by atoms with Crippen molar-refractivity contribution in [2.75, 3.05) is 6.54 Å². The van der Waals surface area contributed by atoms with Crippen LogP contribution in [0.1, 0.15) is 26.4 Å². The van der Waals surface area contributed by atoms with Crippen molar-refractivity contribution in [2.45, 2.75) is 19.9 Å². The standard InChI is InChI=1S/C15H14FNOS/c1-10-8-11(2-3-13(10)16)15(18)17-6-4-14-12(9-17)5-7-19-14/h2-3,5,7-8H,4,6,9H2,1H3. The first-order valence-electron chi connectivity index (χ1n) is 6.26. The van der Waals surface area contributed by atoms with Crippen LogP contribution in [0.25, 0.3) is 0 Å². The van der Waals surface area contributed by atoms with Gasteiger partial charge in [0.15, 0.2) is 0 Å². The minimum atomic E-state index is -0.268. The van der Waals surface area contributed by atoms with Crippen molar-refractivity contribution in [1.29, 1.82) is 0 Å². The van der Waals surface area contributed by atoms with Gasteiger partial charge in [0.1, 0.15) is 5.82 Å². The van der Waals surface area contributed by atoms with Crippen LogP contribution in [0.4, 0.5) is 4.39 Å². The van der Waals surface area contributed by atoms with Gasteiger partial charge >= 0.3 is 0 Å². The number of nitrogens with zero attached hydrogens (tertiary/aromatic N) is 1. The smallest absolute Gasteiger partial charge is 0.254 e. The van der Waals surface area contributed by atoms with Gasteiger partial charge in [-0.1, -0.05) is 0 Å². The number of thiophene rings is 1. The average Bonchev–Trinajstić information content (AvgIpc) is 2.88. The molecule has 0 saturated carbocycles. The van der Waals surface area contributed by atoms with Crippen LogP contribution >= 0.6 is 11.3 Å². The fraction of sp³-hybridized carbons (Fsp3) is 0.267. The Labute approximate surface area is 115 Å². The second-order valence-electron chi connectivity index (χ2n) is 4.81. The average molecular weight is 275 g/mol. The maximum Gasteiger partial charge on any atom is 0.254 e. The highest BCUT2D eigenvalue weighted by Crippen LogP contribution is 2.25. The van der Waals surface area contributed by atoms with E-state index in [0.29, 0.717) is 17.7 Å². The van der Waals surface area contributed by atoms with Crippen LogP contribution in [0.3, 0.4) is 0 Å². The number of carbonyl (C=O) groups excluding carboxylic acids is 1. The van der Waals surface area contributed by atoms with Gasteiger partial charge in [-0.3, -0.25) is 4.79 Å². The van der Waals surface area contributed by atoms with E-state index in [1.165, 1.54) is 16.5 Å². The molecule has 19 heavy (non-hydrogen) atoms. The molecule has 3 rings (SSSR count). The molecule has 2 heterocycles. The van der Waals surface area contributed by atoms with E-state index < -0.39 is 0 Å². The Morgan fingerprint density at radius 3 is 3.00 bits per heavy atom. The summed E-state index contributed by atoms with van der Waals surface area (Å²) in [6, 6.07) is 6.63. The summed E-state index contributed by atoms with van der Waals surface area (Å²) in [4.78, 5) is 15.6. The van der Waals surface area contributed by atoms with Crippen molar-refractivity contribution < 1.29 is 9.18 Å². The molecule has 0 aliphatic carbocycles. The van der Waals surface area contributed by atoms with Crippen LogP contribution in [-0.4, -0.2) is 17.4 Å². The largest absolute Gasteiger partial charge is 0.334 e. The third kappa shape index (κ3) is 2.28. The van der Waals surface area contributed by atoms with E-state index in [-0.39, 0.29) is 11.7 Å². The van der Waals surface area contributed by atoms with Gasteiger partial charge in [0, 0.05) is 23.5 Å². The fourth-order valence-electron chi connectivity index (χ4n) is 2.38. The zero-order valence-electron chi connectivity index (χ0n) is 10.6. The highest BCUT2D eigenvalue weighted by Gasteiger charge is 2.22. The van der Waals surface area contributed by atoms with Gasteiger partial charge in [0.2, 0.25) is 0 Å². The minimum Gasteiger partial charge on any atom is -0.334 e. The topological polar surface area (TPSA) is 20.3 Å². The molecule has 0 saturated heterocycles. The highest BCUT2D eigenvalue weighted by molar-refractivity contribution is 7.10. The molecule has 0 fully saturated rings. The molecule has 1 aromatic heterocycles. The first-order valence-corrected chi connectivity index (χ1v) is 7.14. The zero-order chi connectivity index (χ0) is 13.4. The number of halogens is 1. The van der Waals surface area contributed by atoms with Crippen molar-refractivity contribution in [3.63, 3.8) is 0 Å². The van der Waals surface area contributed by atoms with Crippen LogP contribution in [0, 0.1) is 12.7 Å². The van der Waals surface area contributed by atoms with Crippen LogP contribution in [0.5, 0.6) is 0 Å². The lowest BCUT2D eigenvalue weighted by Gasteiger charge is -2.27. The third-order valence-corrected chi connectivity index (χ3v) is 4.52. The fourth-order valence-corrected chi connectivity index (χ4v) is 3.27. The molecule has 4 heteroatoms. The Hall–Kier alpha value is -1.68. The van der Waals surface area contributed by atoms with Gasteiger partial charge in [-0.05, 0) is 54.1 Å².